The Kier molecular flexibility index (Phi) is 4.03. The summed E-state index contributed by atoms with van der Waals surface area (Å²) in [5, 5.41) is 8.67. The number of rotatable bonds is 4. The standard InChI is InChI=1S/C11H14N2O4/c1-3-13(7-10(15)16)11(17)8-5-4-6-9(14)12(8)2/h4-6H,3,7H2,1-2H3,(H,15,16). The van der Waals surface area contributed by atoms with Gasteiger partial charge in [0.1, 0.15) is 12.2 Å². The van der Waals surface area contributed by atoms with Gasteiger partial charge in [-0.2, -0.15) is 0 Å². The van der Waals surface area contributed by atoms with Crippen LogP contribution in [0.25, 0.3) is 0 Å². The first kappa shape index (κ1) is 13.0. The Bertz CT molecular complexity index is 492. The molecule has 1 aromatic rings. The van der Waals surface area contributed by atoms with Gasteiger partial charge in [0.25, 0.3) is 11.5 Å². The topological polar surface area (TPSA) is 79.6 Å². The molecule has 0 aliphatic rings. The molecule has 0 aliphatic heterocycles. The minimum absolute atomic E-state index is 0.181. The molecule has 6 heteroatoms. The number of carboxylic acids is 1. The maximum atomic E-state index is 12.0. The SMILES string of the molecule is CCN(CC(=O)O)C(=O)c1cccc(=O)n1C. The summed E-state index contributed by atoms with van der Waals surface area (Å²) in [7, 11) is 1.48. The number of hydrogen-bond acceptors (Lipinski definition) is 3. The molecule has 17 heavy (non-hydrogen) atoms. The summed E-state index contributed by atoms with van der Waals surface area (Å²) in [6, 6.07) is 4.31. The lowest BCUT2D eigenvalue weighted by atomic mass is 10.3. The number of carbonyl (C=O) groups excluding carboxylic acids is 1. The second-order valence-electron chi connectivity index (χ2n) is 3.52. The lowest BCUT2D eigenvalue weighted by Gasteiger charge is -2.19. The Hall–Kier alpha value is -2.11. The summed E-state index contributed by atoms with van der Waals surface area (Å²) >= 11 is 0. The number of aromatic nitrogens is 1. The van der Waals surface area contributed by atoms with Crippen LogP contribution in [0.2, 0.25) is 0 Å². The van der Waals surface area contributed by atoms with Crippen LogP contribution >= 0.6 is 0 Å². The second kappa shape index (κ2) is 5.29. The van der Waals surface area contributed by atoms with E-state index in [1.165, 1.54) is 29.8 Å². The van der Waals surface area contributed by atoms with Crippen molar-refractivity contribution in [2.24, 2.45) is 7.05 Å². The van der Waals surface area contributed by atoms with Crippen LogP contribution in [0, 0.1) is 0 Å². The third-order valence-electron chi connectivity index (χ3n) is 2.40. The highest BCUT2D eigenvalue weighted by Crippen LogP contribution is 2.01. The van der Waals surface area contributed by atoms with Gasteiger partial charge in [0, 0.05) is 19.7 Å². The van der Waals surface area contributed by atoms with Crippen molar-refractivity contribution in [2.45, 2.75) is 6.92 Å². The molecule has 0 aromatic carbocycles. The predicted octanol–water partition coefficient (Wildman–Crippen LogP) is -0.0680. The molecule has 0 bridgehead atoms. The highest BCUT2D eigenvalue weighted by Gasteiger charge is 2.18. The van der Waals surface area contributed by atoms with E-state index < -0.39 is 11.9 Å². The van der Waals surface area contributed by atoms with E-state index in [-0.39, 0.29) is 24.3 Å². The van der Waals surface area contributed by atoms with E-state index in [2.05, 4.69) is 0 Å². The van der Waals surface area contributed by atoms with E-state index in [0.29, 0.717) is 0 Å². The molecule has 0 saturated carbocycles. The fourth-order valence-corrected chi connectivity index (χ4v) is 1.43. The van der Waals surface area contributed by atoms with Crippen LogP contribution in [0.5, 0.6) is 0 Å². The van der Waals surface area contributed by atoms with Gasteiger partial charge in [0.05, 0.1) is 0 Å². The van der Waals surface area contributed by atoms with Crippen LogP contribution in [0.15, 0.2) is 23.0 Å². The number of aliphatic carboxylic acids is 1. The Morgan fingerprint density at radius 1 is 1.41 bits per heavy atom. The molecule has 0 radical (unpaired) electrons. The van der Waals surface area contributed by atoms with Gasteiger partial charge >= 0.3 is 5.97 Å². The fourth-order valence-electron chi connectivity index (χ4n) is 1.43. The molecule has 1 heterocycles. The molecular formula is C11H14N2O4. The zero-order valence-corrected chi connectivity index (χ0v) is 9.71. The molecule has 6 nitrogen and oxygen atoms in total. The molecule has 0 spiro atoms. The number of carbonyl (C=O) groups is 2. The van der Waals surface area contributed by atoms with Gasteiger partial charge < -0.3 is 14.6 Å². The predicted molar refractivity (Wildman–Crippen MR) is 60.9 cm³/mol. The molecule has 0 atom stereocenters. The van der Waals surface area contributed by atoms with Crippen LogP contribution in [-0.2, 0) is 11.8 Å². The first-order chi connectivity index (χ1) is 7.97. The van der Waals surface area contributed by atoms with E-state index in [9.17, 15) is 14.4 Å². The number of carboxylic acid groups (broad SMARTS) is 1. The number of amides is 1. The molecule has 1 rings (SSSR count). The van der Waals surface area contributed by atoms with Crippen LogP contribution in [-0.4, -0.2) is 39.5 Å². The maximum Gasteiger partial charge on any atom is 0.323 e. The first-order valence-corrected chi connectivity index (χ1v) is 5.14. The highest BCUT2D eigenvalue weighted by molar-refractivity contribution is 5.94. The second-order valence-corrected chi connectivity index (χ2v) is 3.52. The average molecular weight is 238 g/mol. The lowest BCUT2D eigenvalue weighted by Crippen LogP contribution is -2.38. The number of pyridine rings is 1. The van der Waals surface area contributed by atoms with E-state index in [4.69, 9.17) is 5.11 Å². The minimum atomic E-state index is -1.08. The normalized spacial score (nSPS) is 10.0. The summed E-state index contributed by atoms with van der Waals surface area (Å²) in [6.45, 7) is 1.58. The Morgan fingerprint density at radius 2 is 2.06 bits per heavy atom. The minimum Gasteiger partial charge on any atom is -0.480 e. The van der Waals surface area contributed by atoms with E-state index in [1.807, 2.05) is 0 Å². The third-order valence-corrected chi connectivity index (χ3v) is 2.40. The Morgan fingerprint density at radius 3 is 2.59 bits per heavy atom. The van der Waals surface area contributed by atoms with Gasteiger partial charge in [0.15, 0.2) is 0 Å². The van der Waals surface area contributed by atoms with Gasteiger partial charge in [-0.15, -0.1) is 0 Å². The van der Waals surface area contributed by atoms with Gasteiger partial charge in [0.2, 0.25) is 0 Å². The van der Waals surface area contributed by atoms with Crippen molar-refractivity contribution >= 4 is 11.9 Å². The number of nitrogens with zero attached hydrogens (tertiary/aromatic N) is 2. The van der Waals surface area contributed by atoms with Crippen LogP contribution in [0.3, 0.4) is 0 Å². The summed E-state index contributed by atoms with van der Waals surface area (Å²) in [6.07, 6.45) is 0. The van der Waals surface area contributed by atoms with Gasteiger partial charge in [-0.05, 0) is 13.0 Å². The molecule has 0 unspecified atom stereocenters. The molecule has 1 aromatic heterocycles. The van der Waals surface area contributed by atoms with Crippen molar-refractivity contribution in [3.8, 4) is 0 Å². The molecule has 1 N–H and O–H groups in total. The van der Waals surface area contributed by atoms with Crippen molar-refractivity contribution < 1.29 is 14.7 Å². The zero-order valence-electron chi connectivity index (χ0n) is 9.71. The van der Waals surface area contributed by atoms with E-state index in [1.54, 1.807) is 6.92 Å². The summed E-state index contributed by atoms with van der Waals surface area (Å²) in [4.78, 5) is 35.1. The number of hydrogen-bond donors (Lipinski definition) is 1. The van der Waals surface area contributed by atoms with Crippen molar-refractivity contribution in [3.05, 3.63) is 34.2 Å². The fraction of sp³-hybridized carbons (Fsp3) is 0.364. The summed E-state index contributed by atoms with van der Waals surface area (Å²) in [5.41, 5.74) is -0.122. The van der Waals surface area contributed by atoms with E-state index >= 15 is 0 Å². The smallest absolute Gasteiger partial charge is 0.323 e. The number of likely N-dealkylation sites (N-methyl/N-ethyl adjacent to an activating group) is 1. The van der Waals surface area contributed by atoms with Gasteiger partial charge in [-0.3, -0.25) is 14.4 Å². The average Bonchev–Trinajstić information content (AvgIpc) is 2.28. The highest BCUT2D eigenvalue weighted by atomic mass is 16.4. The third kappa shape index (κ3) is 2.93. The molecular weight excluding hydrogens is 224 g/mol. The molecule has 0 fully saturated rings. The van der Waals surface area contributed by atoms with Crippen molar-refractivity contribution in [2.75, 3.05) is 13.1 Å². The summed E-state index contributed by atoms with van der Waals surface area (Å²) < 4.78 is 1.20. The van der Waals surface area contributed by atoms with Crippen molar-refractivity contribution in [1.29, 1.82) is 0 Å². The molecule has 1 amide bonds. The quantitative estimate of drug-likeness (QED) is 0.796. The van der Waals surface area contributed by atoms with Gasteiger partial charge in [-0.25, -0.2) is 0 Å². The zero-order chi connectivity index (χ0) is 13.0. The molecule has 0 saturated heterocycles. The van der Waals surface area contributed by atoms with Gasteiger partial charge in [-0.1, -0.05) is 6.07 Å². The van der Waals surface area contributed by atoms with Crippen LogP contribution in [0.4, 0.5) is 0 Å². The lowest BCUT2D eigenvalue weighted by molar-refractivity contribution is -0.137. The molecule has 92 valence electrons. The van der Waals surface area contributed by atoms with Crippen LogP contribution < -0.4 is 5.56 Å². The Labute approximate surface area is 98.1 Å². The van der Waals surface area contributed by atoms with E-state index in [0.717, 1.165) is 4.90 Å². The molecule has 0 aliphatic carbocycles. The maximum absolute atomic E-state index is 12.0. The Balaban J connectivity index is 3.06. The van der Waals surface area contributed by atoms with Crippen molar-refractivity contribution in [3.63, 3.8) is 0 Å². The summed E-state index contributed by atoms with van der Waals surface area (Å²) in [5.74, 6) is -1.55. The van der Waals surface area contributed by atoms with Crippen molar-refractivity contribution in [1.82, 2.24) is 9.47 Å². The largest absolute Gasteiger partial charge is 0.480 e. The first-order valence-electron chi connectivity index (χ1n) is 5.14. The van der Waals surface area contributed by atoms with Crippen LogP contribution in [0.1, 0.15) is 17.4 Å². The monoisotopic (exact) mass is 238 g/mol.